The summed E-state index contributed by atoms with van der Waals surface area (Å²) >= 11 is 0. The zero-order chi connectivity index (χ0) is 70.8. The molecule has 1 unspecified atom stereocenters. The number of primary amides is 1. The lowest BCUT2D eigenvalue weighted by atomic mass is 9.81. The van der Waals surface area contributed by atoms with E-state index in [1.807, 2.05) is 82.1 Å². The molecule has 0 bridgehead atoms. The Bertz CT molecular complexity index is 2800. The molecule has 2 aliphatic rings. The van der Waals surface area contributed by atoms with Gasteiger partial charge in [0.2, 0.25) is 23.6 Å². The van der Waals surface area contributed by atoms with Crippen LogP contribution in [-0.2, 0) is 65.6 Å². The third-order valence-electron chi connectivity index (χ3n) is 19.8. The highest BCUT2D eigenvalue weighted by molar-refractivity contribution is 6.13. The number of carbonyl (C=O) groups excluding carboxylic acids is 10. The fraction of sp³-hybridized carbons (Fsp3) is 0.699. The highest BCUT2D eigenvalue weighted by Crippen LogP contribution is 2.32. The molecule has 22 nitrogen and oxygen atoms in total. The minimum atomic E-state index is -0.903. The molecule has 2 saturated heterocycles. The number of hydrogen-bond donors (Lipinski definition) is 5. The number of likely N-dealkylation sites (tertiary alicyclic amines) is 2. The number of likely N-dealkylation sites (N-methyl/N-ethyl adjacent to an activating group) is 2. The lowest BCUT2D eigenvalue weighted by Gasteiger charge is -2.41. The molecule has 4 rings (SSSR count). The first-order valence-corrected chi connectivity index (χ1v) is 34.7. The van der Waals surface area contributed by atoms with Crippen molar-refractivity contribution in [3.8, 4) is 0 Å². The first kappa shape index (κ1) is 81.0. The Morgan fingerprint density at radius 3 is 2.03 bits per heavy atom. The third-order valence-corrected chi connectivity index (χ3v) is 19.8. The van der Waals surface area contributed by atoms with E-state index in [0.29, 0.717) is 75.7 Å². The Labute approximate surface area is 566 Å². The number of amides is 7. The summed E-state index contributed by atoms with van der Waals surface area (Å²) in [6.07, 6.45) is 3.39. The van der Waals surface area contributed by atoms with Crippen LogP contribution in [0.25, 0.3) is 0 Å². The van der Waals surface area contributed by atoms with Gasteiger partial charge in [0, 0.05) is 91.6 Å². The molecule has 22 heteroatoms. The number of imide groups is 1. The minimum absolute atomic E-state index is 0.0425. The molecule has 2 heterocycles. The summed E-state index contributed by atoms with van der Waals surface area (Å²) < 4.78 is 18.0. The quantitative estimate of drug-likeness (QED) is 0.0236. The van der Waals surface area contributed by atoms with Crippen LogP contribution in [0.4, 0.5) is 9.59 Å². The van der Waals surface area contributed by atoms with Gasteiger partial charge in [-0.25, -0.2) is 9.59 Å². The highest BCUT2D eigenvalue weighted by atomic mass is 16.6. The van der Waals surface area contributed by atoms with E-state index < -0.39 is 60.3 Å². The SMILES string of the molecule is CC[C@H](C)[C@@H]([C@@H](CC(=O)N1CCC[C@H]1[C@H](OC)[C@@H](C)C(=O)N[C@H](C)[C@@H](O)c1ccccc1)OC)N(C)C[C@@H](CC(=O)[C@H](C(C)C)N(C)C(=O)OCc1ccc(CC(=O)CN[C@H](CCCNC(N)=O)[C@@H](CC(=O)CCCCCN2C(=O)CC(C(C)=O)C2=O)C(C)C)cc1)C(C)C. The van der Waals surface area contributed by atoms with Gasteiger partial charge in [0.1, 0.15) is 24.1 Å². The Hall–Kier alpha value is -6.46. The summed E-state index contributed by atoms with van der Waals surface area (Å²) in [5, 5.41) is 20.0. The number of nitrogens with one attached hydrogen (secondary N) is 3. The zero-order valence-corrected chi connectivity index (χ0v) is 59.7. The topological polar surface area (TPSA) is 294 Å². The number of unbranched alkanes of at least 4 members (excludes halogenated alkanes) is 2. The lowest BCUT2D eigenvalue weighted by Crippen LogP contribution is -2.53. The first-order chi connectivity index (χ1) is 44.9. The van der Waals surface area contributed by atoms with Gasteiger partial charge in [-0.15, -0.1) is 0 Å². The zero-order valence-electron chi connectivity index (χ0n) is 59.7. The molecule has 2 aliphatic heterocycles. The van der Waals surface area contributed by atoms with Crippen molar-refractivity contribution in [2.75, 3.05) is 61.0 Å². The van der Waals surface area contributed by atoms with Crippen molar-refractivity contribution in [2.45, 2.75) is 221 Å². The van der Waals surface area contributed by atoms with E-state index >= 15 is 0 Å². The molecule has 7 amide bonds. The molecule has 0 aromatic heterocycles. The summed E-state index contributed by atoms with van der Waals surface area (Å²) in [5.41, 5.74) is 7.46. The lowest BCUT2D eigenvalue weighted by molar-refractivity contribution is -0.143. The normalized spacial score (nSPS) is 18.6. The number of nitrogens with two attached hydrogens (primary N) is 1. The van der Waals surface area contributed by atoms with Crippen LogP contribution >= 0.6 is 0 Å². The third kappa shape index (κ3) is 24.9. The van der Waals surface area contributed by atoms with Crippen molar-refractivity contribution in [3.63, 3.8) is 0 Å². The Kier molecular flexibility index (Phi) is 34.4. The number of rotatable bonds is 44. The number of ketones is 4. The summed E-state index contributed by atoms with van der Waals surface area (Å²) in [6, 6.07) is 13.6. The average Bonchev–Trinajstić information content (AvgIpc) is 1.79. The number of benzene rings is 2. The average molecular weight is 1330 g/mol. The molecule has 0 spiro atoms. The van der Waals surface area contributed by atoms with E-state index in [1.165, 1.54) is 11.8 Å². The first-order valence-electron chi connectivity index (χ1n) is 34.7. The molecule has 0 saturated carbocycles. The standard InChI is InChI=1S/C73H116N8O14/c1-16-48(8)67(63(93-14)41-65(87)80-36-24-29-61(80)69(94-15)49(9)70(89)77-50(10)68(88)54-25-19-17-20-26-54)78(12)43-55(45(2)3)38-62(85)66(47(6)7)79(13)73(92)95-44-53-32-30-52(31-33-53)37-57(84)42-76-60(28-23-34-75-72(74)91)58(46(4)5)39-56(83)27-21-18-22-35-81-64(86)40-59(51(11)82)71(81)90/h17,19-20,25-26,30-33,45-50,55,58-61,63,66-69,76,88H,16,18,21-24,27-29,34-44H2,1-15H3,(H,77,89)(H3,74,75,91)/t48-,49+,50+,55+,58-,59?,60+,61-,63+,66-,67-,68+,69+/m0/s1. The molecule has 2 aromatic carbocycles. The van der Waals surface area contributed by atoms with Gasteiger partial charge in [0.25, 0.3) is 0 Å². The molecule has 532 valence electrons. The van der Waals surface area contributed by atoms with E-state index in [9.17, 15) is 53.1 Å². The number of aliphatic hydroxyl groups excluding tert-OH is 1. The second-order valence-electron chi connectivity index (χ2n) is 27.9. The van der Waals surface area contributed by atoms with Gasteiger partial charge in [0.15, 0.2) is 11.6 Å². The highest BCUT2D eigenvalue weighted by Gasteiger charge is 2.44. The minimum Gasteiger partial charge on any atom is -0.445 e. The van der Waals surface area contributed by atoms with Gasteiger partial charge in [-0.1, -0.05) is 130 Å². The van der Waals surface area contributed by atoms with Gasteiger partial charge < -0.3 is 55.7 Å². The summed E-state index contributed by atoms with van der Waals surface area (Å²) in [6.45, 7) is 22.8. The van der Waals surface area contributed by atoms with Crippen LogP contribution in [0.15, 0.2) is 54.6 Å². The predicted molar refractivity (Wildman–Crippen MR) is 365 cm³/mol. The number of aliphatic hydroxyl groups is 1. The van der Waals surface area contributed by atoms with Crippen LogP contribution in [-0.4, -0.2) is 187 Å². The van der Waals surface area contributed by atoms with Gasteiger partial charge in [-0.05, 0) is 112 Å². The van der Waals surface area contributed by atoms with E-state index in [4.69, 9.17) is 19.9 Å². The molecular weight excluding hydrogens is 1210 g/mol. The molecule has 0 aliphatic carbocycles. The smallest absolute Gasteiger partial charge is 0.410 e. The molecule has 6 N–H and O–H groups in total. The predicted octanol–water partition coefficient (Wildman–Crippen LogP) is 8.42. The largest absolute Gasteiger partial charge is 0.445 e. The van der Waals surface area contributed by atoms with Crippen molar-refractivity contribution < 1.29 is 67.3 Å². The Morgan fingerprint density at radius 1 is 0.789 bits per heavy atom. The summed E-state index contributed by atoms with van der Waals surface area (Å²) in [5.74, 6) is -3.30. The number of hydrogen-bond acceptors (Lipinski definition) is 16. The Balaban J connectivity index is 1.32. The number of methoxy groups -OCH3 is 2. The van der Waals surface area contributed by atoms with Crippen molar-refractivity contribution in [1.29, 1.82) is 0 Å². The maximum atomic E-state index is 14.5. The molecule has 2 fully saturated rings. The maximum absolute atomic E-state index is 14.5. The van der Waals surface area contributed by atoms with E-state index in [1.54, 1.807) is 47.2 Å². The van der Waals surface area contributed by atoms with Gasteiger partial charge in [-0.2, -0.15) is 0 Å². The van der Waals surface area contributed by atoms with Crippen LogP contribution in [0.3, 0.4) is 0 Å². The van der Waals surface area contributed by atoms with Crippen LogP contribution in [0, 0.1) is 47.3 Å². The number of urea groups is 1. The monoisotopic (exact) mass is 1330 g/mol. The van der Waals surface area contributed by atoms with Crippen molar-refractivity contribution in [1.82, 2.24) is 35.6 Å². The van der Waals surface area contributed by atoms with Crippen LogP contribution < -0.4 is 21.7 Å². The number of ether oxygens (including phenoxy) is 3. The number of nitrogens with zero attached hydrogens (tertiary/aromatic N) is 4. The fourth-order valence-corrected chi connectivity index (χ4v) is 13.9. The van der Waals surface area contributed by atoms with Gasteiger partial charge >= 0.3 is 12.1 Å². The van der Waals surface area contributed by atoms with Crippen LogP contribution in [0.5, 0.6) is 0 Å². The molecular formula is C73H116N8O14. The van der Waals surface area contributed by atoms with Gasteiger partial charge in [0.05, 0.1) is 55.3 Å². The van der Waals surface area contributed by atoms with Crippen molar-refractivity contribution in [2.24, 2.45) is 53.1 Å². The van der Waals surface area contributed by atoms with E-state index in [0.717, 1.165) is 23.3 Å². The molecule has 95 heavy (non-hydrogen) atoms. The molecule has 13 atom stereocenters. The molecule has 2 aromatic rings. The second-order valence-corrected chi connectivity index (χ2v) is 27.9. The Morgan fingerprint density at radius 2 is 1.45 bits per heavy atom. The number of Topliss-reactive ketones (excluding diaryl/α,β-unsaturated/α-hetero) is 4. The maximum Gasteiger partial charge on any atom is 0.410 e. The summed E-state index contributed by atoms with van der Waals surface area (Å²) in [7, 11) is 6.80. The number of carbonyl (C=O) groups is 10. The van der Waals surface area contributed by atoms with E-state index in [2.05, 4.69) is 48.5 Å². The fourth-order valence-electron chi connectivity index (χ4n) is 13.9. The second kappa shape index (κ2) is 40.3. The van der Waals surface area contributed by atoms with Crippen molar-refractivity contribution >= 4 is 58.9 Å². The molecule has 0 radical (unpaired) electrons. The van der Waals surface area contributed by atoms with Crippen molar-refractivity contribution in [3.05, 3.63) is 71.3 Å². The van der Waals surface area contributed by atoms with Crippen LogP contribution in [0.2, 0.25) is 0 Å². The van der Waals surface area contributed by atoms with Gasteiger partial charge in [-0.3, -0.25) is 43.3 Å². The summed E-state index contributed by atoms with van der Waals surface area (Å²) in [4.78, 5) is 138. The van der Waals surface area contributed by atoms with Crippen LogP contribution in [0.1, 0.15) is 182 Å². The van der Waals surface area contributed by atoms with E-state index in [-0.39, 0.29) is 146 Å².